The Labute approximate surface area is 228 Å². The Morgan fingerprint density at radius 3 is 2.60 bits per heavy atom. The number of hydrogen-bond donors (Lipinski definition) is 1. The van der Waals surface area contributed by atoms with Crippen LogP contribution in [0.3, 0.4) is 0 Å². The van der Waals surface area contributed by atoms with Crippen LogP contribution in [0.5, 0.6) is 5.75 Å². The Kier molecular flexibility index (Phi) is 6.85. The van der Waals surface area contributed by atoms with Crippen molar-refractivity contribution in [2.45, 2.75) is 32.2 Å². The van der Waals surface area contributed by atoms with E-state index in [0.29, 0.717) is 35.8 Å². The van der Waals surface area contributed by atoms with Crippen molar-refractivity contribution in [3.05, 3.63) is 90.0 Å². The zero-order chi connectivity index (χ0) is 27.7. The lowest BCUT2D eigenvalue weighted by Crippen LogP contribution is -2.23. The number of anilines is 2. The summed E-state index contributed by atoms with van der Waals surface area (Å²) >= 11 is 0. The molecule has 10 heteroatoms. The minimum Gasteiger partial charge on any atom is -0.406 e. The second-order valence-corrected chi connectivity index (χ2v) is 9.57. The largest absolute Gasteiger partial charge is 0.573 e. The lowest BCUT2D eigenvalue weighted by molar-refractivity contribution is -0.274. The van der Waals surface area contributed by atoms with Crippen LogP contribution in [0.4, 0.5) is 24.5 Å². The summed E-state index contributed by atoms with van der Waals surface area (Å²) < 4.78 is 50.8. The number of benzene rings is 3. The van der Waals surface area contributed by atoms with E-state index in [9.17, 15) is 13.2 Å². The van der Waals surface area contributed by atoms with Crippen LogP contribution < -0.4 is 15.4 Å². The highest BCUT2D eigenvalue weighted by Gasteiger charge is 2.31. The van der Waals surface area contributed by atoms with Gasteiger partial charge in [0.05, 0.1) is 50.9 Å². The topological polar surface area (TPSA) is 73.6 Å². The number of fused-ring (bicyclic) bond motifs is 2. The van der Waals surface area contributed by atoms with Crippen LogP contribution in [-0.4, -0.2) is 40.2 Å². The Morgan fingerprint density at radius 1 is 0.975 bits per heavy atom. The van der Waals surface area contributed by atoms with E-state index in [1.807, 2.05) is 60.0 Å². The van der Waals surface area contributed by atoms with E-state index in [0.717, 1.165) is 40.8 Å². The van der Waals surface area contributed by atoms with Crippen molar-refractivity contribution in [3.8, 4) is 22.8 Å². The van der Waals surface area contributed by atoms with Crippen LogP contribution in [0, 0.1) is 6.92 Å². The quantitative estimate of drug-likeness (QED) is 0.254. The molecule has 1 fully saturated rings. The molecule has 2 aromatic carbocycles. The molecule has 0 amide bonds. The third kappa shape index (κ3) is 5.48. The van der Waals surface area contributed by atoms with Crippen LogP contribution in [0.2, 0.25) is 0 Å². The van der Waals surface area contributed by atoms with Gasteiger partial charge in [0.2, 0.25) is 0 Å². The fourth-order valence-corrected chi connectivity index (χ4v) is 4.92. The molecule has 1 aromatic heterocycles. The molecule has 1 aliphatic carbocycles. The minimum atomic E-state index is -4.80. The number of hydrogen-bond acceptors (Lipinski definition) is 6. The number of aromatic nitrogens is 3. The molecule has 6 rings (SSSR count). The fourth-order valence-electron chi connectivity index (χ4n) is 4.92. The second-order valence-electron chi connectivity index (χ2n) is 9.57. The van der Waals surface area contributed by atoms with E-state index in [-0.39, 0.29) is 11.8 Å². The van der Waals surface area contributed by atoms with Gasteiger partial charge in [-0.25, -0.2) is 4.98 Å². The van der Waals surface area contributed by atoms with Gasteiger partial charge in [-0.15, -0.1) is 13.2 Å². The van der Waals surface area contributed by atoms with Crippen LogP contribution in [0.15, 0.2) is 84.0 Å². The molecule has 0 bridgehead atoms. The van der Waals surface area contributed by atoms with Crippen molar-refractivity contribution >= 4 is 22.4 Å². The maximum Gasteiger partial charge on any atom is 0.573 e. The molecule has 3 heterocycles. The van der Waals surface area contributed by atoms with Crippen LogP contribution in [-0.2, 0) is 4.74 Å². The van der Waals surface area contributed by atoms with E-state index in [1.54, 1.807) is 18.3 Å². The van der Waals surface area contributed by atoms with E-state index < -0.39 is 6.36 Å². The average Bonchev–Trinajstić information content (AvgIpc) is 2.93. The van der Waals surface area contributed by atoms with Gasteiger partial charge in [0.15, 0.2) is 0 Å². The van der Waals surface area contributed by atoms with Crippen molar-refractivity contribution in [2.75, 3.05) is 18.5 Å². The van der Waals surface area contributed by atoms with Crippen LogP contribution >= 0.6 is 0 Å². The summed E-state index contributed by atoms with van der Waals surface area (Å²) in [6.07, 6.45) is -1.46. The molecule has 0 spiro atoms. The van der Waals surface area contributed by atoms with E-state index in [4.69, 9.17) is 14.7 Å². The summed E-state index contributed by atoms with van der Waals surface area (Å²) in [6.45, 7) is 3.21. The molecule has 1 saturated heterocycles. The monoisotopic (exact) mass is 545 g/mol. The molecule has 3 aliphatic rings. The van der Waals surface area contributed by atoms with Gasteiger partial charge in [0.25, 0.3) is 0 Å². The van der Waals surface area contributed by atoms with Gasteiger partial charge < -0.3 is 19.4 Å². The zero-order valence-electron chi connectivity index (χ0n) is 21.7. The second kappa shape index (κ2) is 10.6. The lowest BCUT2D eigenvalue weighted by atomic mass is 10.1. The number of halogens is 3. The molecule has 3 aromatic rings. The molecule has 1 N–H and O–H groups in total. The highest BCUT2D eigenvalue weighted by Crippen LogP contribution is 2.33. The number of rotatable bonds is 5. The maximum absolute atomic E-state index is 13.0. The summed E-state index contributed by atoms with van der Waals surface area (Å²) in [5.41, 5.74) is 5.72. The number of nitrogens with zero attached hydrogens (tertiary/aromatic N) is 4. The van der Waals surface area contributed by atoms with Gasteiger partial charge in [-0.3, -0.25) is 9.98 Å². The number of aryl methyl sites for hydroxylation is 1. The molecule has 7 nitrogen and oxygen atoms in total. The highest BCUT2D eigenvalue weighted by atomic mass is 19.4. The number of pyridine rings is 1. The number of para-hydroxylation sites is 2. The normalized spacial score (nSPS) is 15.1. The maximum atomic E-state index is 13.0. The molecular formula is C30H26F3N5O2. The third-order valence-corrected chi connectivity index (χ3v) is 6.80. The summed E-state index contributed by atoms with van der Waals surface area (Å²) in [7, 11) is 0. The average molecular weight is 546 g/mol. The van der Waals surface area contributed by atoms with Crippen molar-refractivity contribution in [3.63, 3.8) is 0 Å². The summed E-state index contributed by atoms with van der Waals surface area (Å²) in [4.78, 5) is 14.4. The third-order valence-electron chi connectivity index (χ3n) is 6.80. The minimum absolute atomic E-state index is 0.0760. The number of nitrogens with one attached hydrogen (secondary N) is 1. The van der Waals surface area contributed by atoms with Crippen LogP contribution in [0.1, 0.15) is 18.5 Å². The molecule has 0 saturated carbocycles. The summed E-state index contributed by atoms with van der Waals surface area (Å²) in [6, 6.07) is 21.2. The molecule has 0 unspecified atom stereocenters. The van der Waals surface area contributed by atoms with Gasteiger partial charge in [0, 0.05) is 31.2 Å². The van der Waals surface area contributed by atoms with Gasteiger partial charge in [-0.2, -0.15) is 0 Å². The standard InChI is InChI=1S/C30H26F3N5O2/c1-19-23(9-5-13-34-19)36-25-17-27-29(18-26(25)35-20-11-14-39-15-12-20)38(28-10-3-2-8-24(28)37-27)21-6-4-7-22(16-21)40-30(31,32)33/h2-10,13,16-18,20,36H,11-12,14-15H2,1H3/b35-26+. The van der Waals surface area contributed by atoms with Gasteiger partial charge in [0.1, 0.15) is 5.75 Å². The van der Waals surface area contributed by atoms with Crippen molar-refractivity contribution in [1.82, 2.24) is 14.5 Å². The first-order valence-corrected chi connectivity index (χ1v) is 13.0. The number of alkyl halides is 3. The highest BCUT2D eigenvalue weighted by molar-refractivity contribution is 5.84. The van der Waals surface area contributed by atoms with E-state index in [1.165, 1.54) is 12.1 Å². The number of ether oxygens (including phenoxy) is 2. The SMILES string of the molecule is Cc1ncccc1Nc1cc2nc3ccccc3n(-c3cccc(OC(F)(F)F)c3)c-2c/c1=N\C1CCOCC1. The van der Waals surface area contributed by atoms with Crippen molar-refractivity contribution < 1.29 is 22.6 Å². The van der Waals surface area contributed by atoms with Crippen LogP contribution in [0.25, 0.3) is 28.1 Å². The predicted octanol–water partition coefficient (Wildman–Crippen LogP) is 6.56. The van der Waals surface area contributed by atoms with Gasteiger partial charge >= 0.3 is 6.36 Å². The van der Waals surface area contributed by atoms with Gasteiger partial charge in [-0.05, 0) is 68.3 Å². The molecule has 40 heavy (non-hydrogen) atoms. The van der Waals surface area contributed by atoms with E-state index in [2.05, 4.69) is 15.0 Å². The molecule has 2 aliphatic heterocycles. The fraction of sp³-hybridized carbons (Fsp3) is 0.233. The Hall–Kier alpha value is -4.44. The van der Waals surface area contributed by atoms with E-state index >= 15 is 0 Å². The Morgan fingerprint density at radius 2 is 1.80 bits per heavy atom. The summed E-state index contributed by atoms with van der Waals surface area (Å²) in [5, 5.41) is 4.20. The predicted molar refractivity (Wildman–Crippen MR) is 146 cm³/mol. The summed E-state index contributed by atoms with van der Waals surface area (Å²) in [5.74, 6) is -0.302. The molecule has 0 atom stereocenters. The van der Waals surface area contributed by atoms with Crippen molar-refractivity contribution in [2.24, 2.45) is 4.99 Å². The Balaban J connectivity index is 1.60. The smallest absolute Gasteiger partial charge is 0.406 e. The lowest BCUT2D eigenvalue weighted by Gasteiger charge is -2.22. The first kappa shape index (κ1) is 25.8. The van der Waals surface area contributed by atoms with Crippen molar-refractivity contribution in [1.29, 1.82) is 0 Å². The van der Waals surface area contributed by atoms with Gasteiger partial charge in [-0.1, -0.05) is 18.2 Å². The first-order valence-electron chi connectivity index (χ1n) is 13.0. The zero-order valence-corrected chi connectivity index (χ0v) is 21.7. The molecule has 204 valence electrons. The molecular weight excluding hydrogens is 519 g/mol. The first-order chi connectivity index (χ1) is 19.3. The molecule has 0 radical (unpaired) electrons. The Bertz CT molecular complexity index is 1710.